The number of aryl methyl sites for hydroxylation is 1. The minimum Gasteiger partial charge on any atom is -0.507 e. The third-order valence-corrected chi connectivity index (χ3v) is 8.31. The van der Waals surface area contributed by atoms with E-state index in [0.717, 1.165) is 23.4 Å². The molecule has 206 valence electrons. The van der Waals surface area contributed by atoms with E-state index >= 15 is 0 Å². The lowest BCUT2D eigenvalue weighted by atomic mass is 9.84. The average molecular weight is 547 g/mol. The van der Waals surface area contributed by atoms with Crippen LogP contribution < -0.4 is 4.90 Å². The summed E-state index contributed by atoms with van der Waals surface area (Å²) in [6.07, 6.45) is 7.22. The van der Waals surface area contributed by atoms with Gasteiger partial charge >= 0.3 is 5.97 Å². The minimum atomic E-state index is -1.21. The molecular weight excluding hydrogens is 508 g/mol. The summed E-state index contributed by atoms with van der Waals surface area (Å²) in [7, 11) is 0. The molecule has 3 aromatic carbocycles. The van der Waals surface area contributed by atoms with Gasteiger partial charge in [-0.1, -0.05) is 68.1 Å². The van der Waals surface area contributed by atoms with Crippen LogP contribution in [-0.4, -0.2) is 39.5 Å². The minimum absolute atomic E-state index is 0.123. The molecule has 0 unspecified atom stereocenters. The van der Waals surface area contributed by atoms with Gasteiger partial charge in [-0.25, -0.2) is 9.10 Å². The van der Waals surface area contributed by atoms with Crippen LogP contribution >= 0.6 is 11.9 Å². The van der Waals surface area contributed by atoms with Crippen molar-refractivity contribution in [1.29, 1.82) is 0 Å². The van der Waals surface area contributed by atoms with Crippen molar-refractivity contribution in [3.8, 4) is 5.75 Å². The molecule has 3 aromatic rings. The zero-order valence-electron chi connectivity index (χ0n) is 22.8. The molecule has 1 aliphatic carbocycles. The largest absolute Gasteiger partial charge is 0.507 e. The summed E-state index contributed by atoms with van der Waals surface area (Å²) in [6, 6.07) is 21.1. The number of aromatic carboxylic acids is 1. The van der Waals surface area contributed by atoms with E-state index in [1.807, 2.05) is 6.92 Å². The number of benzene rings is 3. The van der Waals surface area contributed by atoms with Crippen LogP contribution in [0.3, 0.4) is 0 Å². The summed E-state index contributed by atoms with van der Waals surface area (Å²) < 4.78 is 2.05. The summed E-state index contributed by atoms with van der Waals surface area (Å²) in [5, 5.41) is 19.7. The third-order valence-electron chi connectivity index (χ3n) is 7.26. The molecule has 1 aliphatic rings. The molecule has 1 saturated carbocycles. The number of anilines is 1. The van der Waals surface area contributed by atoms with Crippen LogP contribution in [0.4, 0.5) is 5.69 Å². The number of nitrogens with zero attached hydrogens (tertiary/aromatic N) is 2. The fourth-order valence-corrected chi connectivity index (χ4v) is 6.10. The second kappa shape index (κ2) is 13.7. The SMILES string of the molecule is CCCN(CC(=O)N(Cc1ccc(C2CCCCC2)cc1)c1ccc(C(=O)O)c(O)c1)Sc1ccc(C)cc1. The number of amides is 1. The van der Waals surface area contributed by atoms with E-state index in [1.165, 1.54) is 55.4 Å². The maximum absolute atomic E-state index is 13.8. The van der Waals surface area contributed by atoms with Gasteiger partial charge in [0, 0.05) is 23.2 Å². The highest BCUT2D eigenvalue weighted by molar-refractivity contribution is 7.97. The molecule has 0 saturated heterocycles. The van der Waals surface area contributed by atoms with Gasteiger partial charge < -0.3 is 15.1 Å². The Hall–Kier alpha value is -3.29. The van der Waals surface area contributed by atoms with E-state index in [-0.39, 0.29) is 23.8 Å². The Morgan fingerprint density at radius 3 is 2.26 bits per heavy atom. The van der Waals surface area contributed by atoms with Crippen molar-refractivity contribution in [3.63, 3.8) is 0 Å². The lowest BCUT2D eigenvalue weighted by molar-refractivity contribution is -0.118. The molecule has 4 rings (SSSR count). The molecule has 0 atom stereocenters. The van der Waals surface area contributed by atoms with Crippen LogP contribution in [0.5, 0.6) is 5.75 Å². The highest BCUT2D eigenvalue weighted by Gasteiger charge is 2.23. The predicted octanol–water partition coefficient (Wildman–Crippen LogP) is 7.40. The van der Waals surface area contributed by atoms with Gasteiger partial charge in [-0.3, -0.25) is 4.79 Å². The highest BCUT2D eigenvalue weighted by Crippen LogP contribution is 2.33. The standard InChI is InChI=1S/C32H38N2O4S/c1-3-19-33(39-28-16-9-23(2)10-17-28)22-31(36)34(27-15-18-29(32(37)38)30(35)20-27)21-24-11-13-26(14-12-24)25-7-5-4-6-8-25/h9-18,20,25,35H,3-8,19,21-22H2,1-2H3,(H,37,38). The van der Waals surface area contributed by atoms with Gasteiger partial charge in [-0.15, -0.1) is 0 Å². The molecule has 0 aliphatic heterocycles. The maximum atomic E-state index is 13.8. The van der Waals surface area contributed by atoms with Crippen LogP contribution in [0.25, 0.3) is 0 Å². The molecule has 1 fully saturated rings. The van der Waals surface area contributed by atoms with Crippen molar-refractivity contribution in [2.24, 2.45) is 0 Å². The van der Waals surface area contributed by atoms with E-state index in [4.69, 9.17) is 0 Å². The number of aromatic hydroxyl groups is 1. The van der Waals surface area contributed by atoms with Gasteiger partial charge in [0.05, 0.1) is 13.1 Å². The van der Waals surface area contributed by atoms with Crippen molar-refractivity contribution >= 4 is 29.5 Å². The van der Waals surface area contributed by atoms with Gasteiger partial charge in [-0.2, -0.15) is 0 Å². The first-order valence-corrected chi connectivity index (χ1v) is 14.6. The Bertz CT molecular complexity index is 1250. The Balaban J connectivity index is 1.57. The molecule has 6 nitrogen and oxygen atoms in total. The van der Waals surface area contributed by atoms with Crippen molar-refractivity contribution in [3.05, 3.63) is 89.0 Å². The highest BCUT2D eigenvalue weighted by atomic mass is 32.2. The summed E-state index contributed by atoms with van der Waals surface area (Å²) in [5.74, 6) is -1.09. The molecule has 2 N–H and O–H groups in total. The number of rotatable bonds is 11. The van der Waals surface area contributed by atoms with Crippen molar-refractivity contribution in [2.45, 2.75) is 69.7 Å². The second-order valence-electron chi connectivity index (χ2n) is 10.3. The molecule has 39 heavy (non-hydrogen) atoms. The summed E-state index contributed by atoms with van der Waals surface area (Å²) in [5.41, 5.74) is 3.80. The lowest BCUT2D eigenvalue weighted by Crippen LogP contribution is -2.38. The summed E-state index contributed by atoms with van der Waals surface area (Å²) in [6.45, 7) is 5.37. The summed E-state index contributed by atoms with van der Waals surface area (Å²) in [4.78, 5) is 28.0. The van der Waals surface area contributed by atoms with Gasteiger partial charge in [0.1, 0.15) is 11.3 Å². The van der Waals surface area contributed by atoms with E-state index in [2.05, 4.69) is 59.8 Å². The van der Waals surface area contributed by atoms with Gasteiger partial charge in [0.2, 0.25) is 5.91 Å². The molecule has 0 radical (unpaired) electrons. The van der Waals surface area contributed by atoms with E-state index in [9.17, 15) is 19.8 Å². The van der Waals surface area contributed by atoms with Crippen molar-refractivity contribution in [2.75, 3.05) is 18.0 Å². The summed E-state index contributed by atoms with van der Waals surface area (Å²) >= 11 is 1.56. The zero-order valence-corrected chi connectivity index (χ0v) is 23.6. The monoisotopic (exact) mass is 546 g/mol. The predicted molar refractivity (Wildman–Crippen MR) is 157 cm³/mol. The first-order chi connectivity index (χ1) is 18.8. The quantitative estimate of drug-likeness (QED) is 0.244. The number of phenols is 1. The van der Waals surface area contributed by atoms with Crippen LogP contribution in [-0.2, 0) is 11.3 Å². The van der Waals surface area contributed by atoms with Gasteiger partial charge in [-0.05, 0) is 79.4 Å². The van der Waals surface area contributed by atoms with Crippen LogP contribution in [0.1, 0.15) is 78.4 Å². The topological polar surface area (TPSA) is 81.1 Å². The number of carbonyl (C=O) groups excluding carboxylic acids is 1. The van der Waals surface area contributed by atoms with E-state index in [0.29, 0.717) is 18.2 Å². The zero-order chi connectivity index (χ0) is 27.8. The normalized spacial score (nSPS) is 13.9. The van der Waals surface area contributed by atoms with E-state index in [1.54, 1.807) is 22.9 Å². The number of carboxylic acid groups (broad SMARTS) is 1. The fourth-order valence-electron chi connectivity index (χ4n) is 5.10. The van der Waals surface area contributed by atoms with Crippen molar-refractivity contribution < 1.29 is 19.8 Å². The molecule has 0 heterocycles. The fraction of sp³-hybridized carbons (Fsp3) is 0.375. The van der Waals surface area contributed by atoms with Gasteiger partial charge in [0.25, 0.3) is 0 Å². The molecular formula is C32H38N2O4S. The number of hydrogen-bond donors (Lipinski definition) is 2. The Labute approximate surface area is 235 Å². The molecule has 7 heteroatoms. The number of hydrogen-bond acceptors (Lipinski definition) is 5. The Morgan fingerprint density at radius 1 is 0.949 bits per heavy atom. The van der Waals surface area contributed by atoms with Crippen molar-refractivity contribution in [1.82, 2.24) is 4.31 Å². The second-order valence-corrected chi connectivity index (χ2v) is 11.5. The lowest BCUT2D eigenvalue weighted by Gasteiger charge is -2.28. The number of carbonyl (C=O) groups is 2. The molecule has 0 aromatic heterocycles. The molecule has 0 bridgehead atoms. The first-order valence-electron chi connectivity index (χ1n) is 13.8. The van der Waals surface area contributed by atoms with Gasteiger partial charge in [0.15, 0.2) is 0 Å². The Kier molecular flexibility index (Phi) is 10.1. The van der Waals surface area contributed by atoms with Crippen LogP contribution in [0, 0.1) is 6.92 Å². The number of carboxylic acids is 1. The van der Waals surface area contributed by atoms with Crippen LogP contribution in [0.2, 0.25) is 0 Å². The average Bonchev–Trinajstić information content (AvgIpc) is 2.93. The smallest absolute Gasteiger partial charge is 0.339 e. The molecule has 0 spiro atoms. The molecule has 1 amide bonds. The third kappa shape index (κ3) is 7.87. The first kappa shape index (κ1) is 28.7. The van der Waals surface area contributed by atoms with E-state index < -0.39 is 5.97 Å². The Morgan fingerprint density at radius 2 is 1.64 bits per heavy atom. The van der Waals surface area contributed by atoms with Crippen LogP contribution in [0.15, 0.2) is 71.6 Å². The maximum Gasteiger partial charge on any atom is 0.339 e.